The zero-order valence-electron chi connectivity index (χ0n) is 10.4. The average Bonchev–Trinajstić information content (AvgIpc) is 2.11. The van der Waals surface area contributed by atoms with Gasteiger partial charge in [-0.25, -0.2) is 0 Å². The van der Waals surface area contributed by atoms with Gasteiger partial charge >= 0.3 is 0 Å². The summed E-state index contributed by atoms with van der Waals surface area (Å²) in [5.74, 6) is 0.633. The SMILES string of the molecule is CC(C)CC(CN(C)C)NC[C@H](O)CO. The van der Waals surface area contributed by atoms with E-state index >= 15 is 0 Å². The Balaban J connectivity index is 3.89. The summed E-state index contributed by atoms with van der Waals surface area (Å²) >= 11 is 0. The number of rotatable bonds is 8. The molecule has 1 unspecified atom stereocenters. The summed E-state index contributed by atoms with van der Waals surface area (Å²) in [6.07, 6.45) is 0.429. The minimum Gasteiger partial charge on any atom is -0.394 e. The van der Waals surface area contributed by atoms with Crippen LogP contribution in [-0.2, 0) is 0 Å². The first-order valence-corrected chi connectivity index (χ1v) is 5.62. The largest absolute Gasteiger partial charge is 0.394 e. The second kappa shape index (κ2) is 8.05. The predicted molar refractivity (Wildman–Crippen MR) is 62.9 cm³/mol. The maximum atomic E-state index is 9.25. The summed E-state index contributed by atoms with van der Waals surface area (Å²) in [7, 11) is 4.08. The van der Waals surface area contributed by atoms with Gasteiger partial charge in [0.2, 0.25) is 0 Å². The molecular weight excluding hydrogens is 192 g/mol. The smallest absolute Gasteiger partial charge is 0.0895 e. The lowest BCUT2D eigenvalue weighted by atomic mass is 10.0. The van der Waals surface area contributed by atoms with Crippen molar-refractivity contribution in [1.82, 2.24) is 10.2 Å². The van der Waals surface area contributed by atoms with E-state index in [0.717, 1.165) is 13.0 Å². The van der Waals surface area contributed by atoms with E-state index in [-0.39, 0.29) is 6.61 Å². The van der Waals surface area contributed by atoms with E-state index in [0.29, 0.717) is 18.5 Å². The third kappa shape index (κ3) is 8.81. The van der Waals surface area contributed by atoms with Gasteiger partial charge in [-0.3, -0.25) is 0 Å². The van der Waals surface area contributed by atoms with Crippen LogP contribution < -0.4 is 5.32 Å². The molecule has 0 amide bonds. The van der Waals surface area contributed by atoms with Gasteiger partial charge in [-0.2, -0.15) is 0 Å². The van der Waals surface area contributed by atoms with Crippen molar-refractivity contribution in [2.24, 2.45) is 5.92 Å². The molecule has 0 heterocycles. The maximum absolute atomic E-state index is 9.25. The van der Waals surface area contributed by atoms with E-state index in [1.165, 1.54) is 0 Å². The van der Waals surface area contributed by atoms with Gasteiger partial charge in [0.15, 0.2) is 0 Å². The minimum atomic E-state index is -0.651. The van der Waals surface area contributed by atoms with E-state index in [9.17, 15) is 5.11 Å². The maximum Gasteiger partial charge on any atom is 0.0895 e. The number of hydrogen-bond acceptors (Lipinski definition) is 4. The molecule has 0 rings (SSSR count). The molecule has 15 heavy (non-hydrogen) atoms. The van der Waals surface area contributed by atoms with Crippen LogP contribution in [0.3, 0.4) is 0 Å². The van der Waals surface area contributed by atoms with Gasteiger partial charge in [0, 0.05) is 19.1 Å². The molecule has 0 radical (unpaired) electrons. The van der Waals surface area contributed by atoms with Gasteiger partial charge in [-0.15, -0.1) is 0 Å². The van der Waals surface area contributed by atoms with Crippen molar-refractivity contribution < 1.29 is 10.2 Å². The molecule has 92 valence electrons. The van der Waals surface area contributed by atoms with Crippen LogP contribution in [0.5, 0.6) is 0 Å². The summed E-state index contributed by atoms with van der Waals surface area (Å²) in [6.45, 7) is 5.61. The molecule has 4 heteroatoms. The summed E-state index contributed by atoms with van der Waals surface area (Å²) in [5, 5.41) is 21.2. The molecule has 4 nitrogen and oxygen atoms in total. The lowest BCUT2D eigenvalue weighted by Gasteiger charge is -2.24. The molecular formula is C11H26N2O2. The molecule has 0 spiro atoms. The fraction of sp³-hybridized carbons (Fsp3) is 1.00. The summed E-state index contributed by atoms with van der Waals surface area (Å²) in [5.41, 5.74) is 0. The van der Waals surface area contributed by atoms with Gasteiger partial charge < -0.3 is 20.4 Å². The van der Waals surface area contributed by atoms with Gasteiger partial charge in [-0.1, -0.05) is 13.8 Å². The number of nitrogens with zero attached hydrogens (tertiary/aromatic N) is 1. The molecule has 0 aliphatic rings. The van der Waals surface area contributed by atoms with Gasteiger partial charge in [0.05, 0.1) is 12.7 Å². The van der Waals surface area contributed by atoms with Gasteiger partial charge in [0.1, 0.15) is 0 Å². The molecule has 0 aliphatic heterocycles. The van der Waals surface area contributed by atoms with E-state index in [4.69, 9.17) is 5.11 Å². The first-order chi connectivity index (χ1) is 6.95. The Hall–Kier alpha value is -0.160. The van der Waals surface area contributed by atoms with Crippen LogP contribution in [-0.4, -0.2) is 61.1 Å². The van der Waals surface area contributed by atoms with Crippen molar-refractivity contribution in [2.45, 2.75) is 32.4 Å². The molecule has 0 fully saturated rings. The topological polar surface area (TPSA) is 55.7 Å². The molecule has 0 aliphatic carbocycles. The molecule has 0 saturated carbocycles. The van der Waals surface area contributed by atoms with Crippen LogP contribution >= 0.6 is 0 Å². The Labute approximate surface area is 93.3 Å². The molecule has 0 aromatic rings. The molecule has 0 aromatic heterocycles. The Bertz CT molecular complexity index is 142. The lowest BCUT2D eigenvalue weighted by molar-refractivity contribution is 0.0898. The van der Waals surface area contributed by atoms with Gasteiger partial charge in [-0.05, 0) is 26.4 Å². The standard InChI is InChI=1S/C11H26N2O2/c1-9(2)5-10(7-13(3)4)12-6-11(15)8-14/h9-12,14-15H,5-8H2,1-4H3/t10?,11-/m0/s1. The first-order valence-electron chi connectivity index (χ1n) is 5.62. The van der Waals surface area contributed by atoms with Crippen molar-refractivity contribution >= 4 is 0 Å². The lowest BCUT2D eigenvalue weighted by Crippen LogP contribution is -2.43. The normalized spacial score (nSPS) is 16.0. The van der Waals surface area contributed by atoms with Crippen LogP contribution in [0.15, 0.2) is 0 Å². The summed E-state index contributed by atoms with van der Waals surface area (Å²) in [4.78, 5) is 2.13. The Morgan fingerprint density at radius 2 is 1.87 bits per heavy atom. The highest BCUT2D eigenvalue weighted by atomic mass is 16.3. The molecule has 0 saturated heterocycles. The fourth-order valence-corrected chi connectivity index (χ4v) is 1.60. The van der Waals surface area contributed by atoms with Crippen LogP contribution in [0.4, 0.5) is 0 Å². The molecule has 0 bridgehead atoms. The highest BCUT2D eigenvalue weighted by Crippen LogP contribution is 2.05. The Morgan fingerprint density at radius 1 is 1.27 bits per heavy atom. The molecule has 2 atom stereocenters. The molecule has 3 N–H and O–H groups in total. The quantitative estimate of drug-likeness (QED) is 0.533. The minimum absolute atomic E-state index is 0.177. The van der Waals surface area contributed by atoms with Crippen LogP contribution in [0.25, 0.3) is 0 Å². The highest BCUT2D eigenvalue weighted by molar-refractivity contribution is 4.73. The van der Waals surface area contributed by atoms with Crippen molar-refractivity contribution in [3.63, 3.8) is 0 Å². The molecule has 0 aromatic carbocycles. The highest BCUT2D eigenvalue weighted by Gasteiger charge is 2.13. The number of hydrogen-bond donors (Lipinski definition) is 3. The number of likely N-dealkylation sites (N-methyl/N-ethyl adjacent to an activating group) is 1. The zero-order chi connectivity index (χ0) is 11.8. The van der Waals surface area contributed by atoms with Crippen LogP contribution in [0.2, 0.25) is 0 Å². The predicted octanol–water partition coefficient (Wildman–Crippen LogP) is -0.0945. The van der Waals surface area contributed by atoms with Crippen molar-refractivity contribution in [2.75, 3.05) is 33.8 Å². The van der Waals surface area contributed by atoms with Crippen LogP contribution in [0.1, 0.15) is 20.3 Å². The van der Waals surface area contributed by atoms with E-state index in [1.54, 1.807) is 0 Å². The first kappa shape index (κ1) is 14.8. The number of aliphatic hydroxyl groups is 2. The summed E-state index contributed by atoms with van der Waals surface area (Å²) in [6, 6.07) is 0.376. The zero-order valence-corrected chi connectivity index (χ0v) is 10.4. The third-order valence-corrected chi connectivity index (χ3v) is 2.19. The summed E-state index contributed by atoms with van der Waals surface area (Å²) < 4.78 is 0. The van der Waals surface area contributed by atoms with E-state index in [2.05, 4.69) is 24.1 Å². The third-order valence-electron chi connectivity index (χ3n) is 2.19. The van der Waals surface area contributed by atoms with Crippen molar-refractivity contribution in [3.05, 3.63) is 0 Å². The second-order valence-corrected chi connectivity index (χ2v) is 4.83. The monoisotopic (exact) mass is 218 g/mol. The van der Waals surface area contributed by atoms with Crippen molar-refractivity contribution in [3.8, 4) is 0 Å². The van der Waals surface area contributed by atoms with Crippen molar-refractivity contribution in [1.29, 1.82) is 0 Å². The number of aliphatic hydroxyl groups excluding tert-OH is 2. The average molecular weight is 218 g/mol. The second-order valence-electron chi connectivity index (χ2n) is 4.83. The van der Waals surface area contributed by atoms with Gasteiger partial charge in [0.25, 0.3) is 0 Å². The Morgan fingerprint density at radius 3 is 2.27 bits per heavy atom. The van der Waals surface area contributed by atoms with Crippen LogP contribution in [0, 0.1) is 5.92 Å². The number of nitrogens with one attached hydrogen (secondary N) is 1. The van der Waals surface area contributed by atoms with E-state index in [1.807, 2.05) is 14.1 Å². The van der Waals surface area contributed by atoms with E-state index < -0.39 is 6.10 Å². The Kier molecular flexibility index (Phi) is 7.96. The fourth-order valence-electron chi connectivity index (χ4n) is 1.60.